The Morgan fingerprint density at radius 1 is 1.37 bits per heavy atom. The van der Waals surface area contributed by atoms with Gasteiger partial charge >= 0.3 is 7.60 Å². The molecule has 0 aromatic heterocycles. The first-order chi connectivity index (χ1) is 8.60. The molecule has 118 valence electrons. The van der Waals surface area contributed by atoms with Crippen LogP contribution in [-0.2, 0) is 19.2 Å². The Hall–Kier alpha value is 0.180. The third kappa shape index (κ3) is 16.1. The second kappa shape index (κ2) is 9.18. The van der Waals surface area contributed by atoms with Crippen molar-refractivity contribution in [3.05, 3.63) is 0 Å². The molecule has 0 saturated carbocycles. The predicted octanol–water partition coefficient (Wildman–Crippen LogP) is -1.20. The summed E-state index contributed by atoms with van der Waals surface area (Å²) >= 11 is 0. The largest absolute Gasteiger partial charge is 0.389 e. The highest BCUT2D eigenvalue weighted by molar-refractivity contribution is 8.01. The van der Waals surface area contributed by atoms with Crippen LogP contribution in [0.25, 0.3) is 0 Å². The van der Waals surface area contributed by atoms with Gasteiger partial charge in [-0.2, -0.15) is 0 Å². The van der Waals surface area contributed by atoms with E-state index in [1.165, 1.54) is 0 Å². The van der Waals surface area contributed by atoms with E-state index in [1.54, 1.807) is 12.5 Å². The zero-order chi connectivity index (χ0) is 14.9. The molecule has 0 heterocycles. The first kappa shape index (κ1) is 19.2. The van der Waals surface area contributed by atoms with Crippen molar-refractivity contribution in [2.75, 3.05) is 50.7 Å². The monoisotopic (exact) mass is 319 g/mol. The van der Waals surface area contributed by atoms with Gasteiger partial charge in [-0.25, -0.2) is 0 Å². The van der Waals surface area contributed by atoms with E-state index in [2.05, 4.69) is 5.32 Å². The average Bonchev–Trinajstić information content (AvgIpc) is 2.21. The average molecular weight is 319 g/mol. The van der Waals surface area contributed by atoms with Crippen LogP contribution in [0.5, 0.6) is 0 Å². The summed E-state index contributed by atoms with van der Waals surface area (Å²) in [6, 6.07) is 0. The van der Waals surface area contributed by atoms with Gasteiger partial charge in [0.2, 0.25) is 0 Å². The van der Waals surface area contributed by atoms with Crippen molar-refractivity contribution < 1.29 is 28.4 Å². The number of nitrogens with one attached hydrogen (secondary N) is 1. The molecule has 19 heavy (non-hydrogen) atoms. The van der Waals surface area contributed by atoms with Crippen molar-refractivity contribution in [3.8, 4) is 0 Å². The summed E-state index contributed by atoms with van der Waals surface area (Å²) in [4.78, 5) is 17.2. The quantitative estimate of drug-likeness (QED) is 0.184. The van der Waals surface area contributed by atoms with E-state index in [1.807, 2.05) is 0 Å². The summed E-state index contributed by atoms with van der Waals surface area (Å²) in [6.07, 6.45) is 3.19. The van der Waals surface area contributed by atoms with Crippen LogP contribution in [-0.4, -0.2) is 75.9 Å². The standard InChI is InChI=1S/C10H26NO6PS/c1-19(2,16)7-3-5-17-9-10(12)8-11-4-6-18(13,14)15/h10-12,19H,3-9H2,1-2H3,(H2,13,14,15). The normalized spacial score (nSPS) is 15.4. The molecule has 4 N–H and O–H groups in total. The number of hydrogen-bond donors (Lipinski definition) is 5. The predicted molar refractivity (Wildman–Crippen MR) is 77.5 cm³/mol. The lowest BCUT2D eigenvalue weighted by Gasteiger charge is -2.14. The summed E-state index contributed by atoms with van der Waals surface area (Å²) in [5.74, 6) is 0.629. The van der Waals surface area contributed by atoms with E-state index in [0.29, 0.717) is 18.8 Å². The van der Waals surface area contributed by atoms with Crippen molar-refractivity contribution >= 4 is 17.5 Å². The summed E-state index contributed by atoms with van der Waals surface area (Å²) in [7, 11) is -5.97. The third-order valence-corrected chi connectivity index (χ3v) is 4.45. The van der Waals surface area contributed by atoms with Gasteiger partial charge in [-0.15, -0.1) is 9.93 Å². The lowest BCUT2D eigenvalue weighted by Crippen LogP contribution is -2.32. The molecular weight excluding hydrogens is 293 g/mol. The Morgan fingerprint density at radius 3 is 2.53 bits per heavy atom. The fourth-order valence-corrected chi connectivity index (χ4v) is 2.66. The van der Waals surface area contributed by atoms with Gasteiger partial charge in [0.25, 0.3) is 0 Å². The molecule has 0 aromatic rings. The zero-order valence-corrected chi connectivity index (χ0v) is 13.3. The fraction of sp³-hybridized carbons (Fsp3) is 1.00. The van der Waals surface area contributed by atoms with Gasteiger partial charge < -0.3 is 24.9 Å². The number of hydrogen-bond acceptors (Lipinski definition) is 5. The summed E-state index contributed by atoms with van der Waals surface area (Å²) < 4.78 is 27.2. The van der Waals surface area contributed by atoms with Gasteiger partial charge in [0.1, 0.15) is 0 Å². The fourth-order valence-electron chi connectivity index (χ4n) is 1.32. The molecule has 0 fully saturated rings. The maximum Gasteiger partial charge on any atom is 0.326 e. The molecule has 0 aliphatic carbocycles. The van der Waals surface area contributed by atoms with Crippen molar-refractivity contribution in [3.63, 3.8) is 0 Å². The molecule has 0 radical (unpaired) electrons. The lowest BCUT2D eigenvalue weighted by molar-refractivity contribution is 0.0378. The minimum atomic E-state index is -3.97. The molecule has 1 unspecified atom stereocenters. The van der Waals surface area contributed by atoms with Crippen molar-refractivity contribution in [2.45, 2.75) is 12.5 Å². The van der Waals surface area contributed by atoms with E-state index < -0.39 is 23.6 Å². The van der Waals surface area contributed by atoms with Gasteiger partial charge in [0.15, 0.2) is 0 Å². The molecule has 9 heteroatoms. The summed E-state index contributed by atoms with van der Waals surface area (Å²) in [5, 5.41) is 12.2. The molecule has 0 aliphatic heterocycles. The number of aliphatic hydroxyl groups is 1. The number of ether oxygens (including phenoxy) is 1. The molecular formula is C10H26NO6PS. The topological polar surface area (TPSA) is 116 Å². The summed E-state index contributed by atoms with van der Waals surface area (Å²) in [5.41, 5.74) is 0. The van der Waals surface area contributed by atoms with Gasteiger partial charge in [-0.05, 0) is 18.9 Å². The highest BCUT2D eigenvalue weighted by Gasteiger charge is 2.12. The van der Waals surface area contributed by atoms with E-state index in [4.69, 9.17) is 14.5 Å². The maximum atomic E-state index is 11.4. The molecule has 0 aromatic carbocycles. The smallest absolute Gasteiger partial charge is 0.326 e. The summed E-state index contributed by atoms with van der Waals surface area (Å²) in [6.45, 7) is 0.974. The first-order valence-corrected chi connectivity index (χ1v) is 10.7. The van der Waals surface area contributed by atoms with E-state index in [0.717, 1.165) is 0 Å². The number of aliphatic hydroxyl groups excluding tert-OH is 1. The Morgan fingerprint density at radius 2 is 2.00 bits per heavy atom. The third-order valence-electron chi connectivity index (χ3n) is 2.26. The van der Waals surface area contributed by atoms with Crippen LogP contribution in [0.1, 0.15) is 6.42 Å². The van der Waals surface area contributed by atoms with Crippen LogP contribution in [0.4, 0.5) is 0 Å². The lowest BCUT2D eigenvalue weighted by atomic mass is 10.4. The maximum absolute atomic E-state index is 11.4. The van der Waals surface area contributed by atoms with Crippen molar-refractivity contribution in [1.29, 1.82) is 0 Å². The van der Waals surface area contributed by atoms with Crippen LogP contribution < -0.4 is 5.32 Å². The molecule has 0 bridgehead atoms. The molecule has 0 rings (SSSR count). The molecule has 0 saturated heterocycles. The highest BCUT2D eigenvalue weighted by atomic mass is 32.2. The van der Waals surface area contributed by atoms with Crippen LogP contribution in [0.2, 0.25) is 0 Å². The van der Waals surface area contributed by atoms with E-state index in [-0.39, 0.29) is 25.9 Å². The molecule has 0 amide bonds. The van der Waals surface area contributed by atoms with Gasteiger partial charge in [-0.3, -0.25) is 8.77 Å². The van der Waals surface area contributed by atoms with Gasteiger partial charge in [0.05, 0.1) is 18.9 Å². The van der Waals surface area contributed by atoms with Crippen molar-refractivity contribution in [2.24, 2.45) is 0 Å². The Labute approximate surface area is 115 Å². The zero-order valence-electron chi connectivity index (χ0n) is 11.5. The van der Waals surface area contributed by atoms with Gasteiger partial charge in [0, 0.05) is 25.4 Å². The molecule has 7 nitrogen and oxygen atoms in total. The van der Waals surface area contributed by atoms with Crippen molar-refractivity contribution in [1.82, 2.24) is 5.32 Å². The second-order valence-corrected chi connectivity index (χ2v) is 10.3. The molecule has 1 atom stereocenters. The van der Waals surface area contributed by atoms with E-state index in [9.17, 15) is 13.9 Å². The van der Waals surface area contributed by atoms with Gasteiger partial charge in [-0.1, -0.05) is 0 Å². The Kier molecular flexibility index (Phi) is 9.26. The Balaban J connectivity index is 3.42. The minimum Gasteiger partial charge on any atom is -0.389 e. The number of thiol groups is 1. The Bertz CT molecular complexity index is 328. The molecule has 0 aliphatic rings. The minimum absolute atomic E-state index is 0.149. The number of rotatable bonds is 11. The van der Waals surface area contributed by atoms with Crippen LogP contribution in [0.15, 0.2) is 0 Å². The SMILES string of the molecule is C[SH](C)(=O)CCCOCC(O)CNCCP(=O)(O)O. The van der Waals surface area contributed by atoms with E-state index >= 15 is 0 Å². The second-order valence-electron chi connectivity index (χ2n) is 4.97. The van der Waals surface area contributed by atoms with Crippen LogP contribution in [0.3, 0.4) is 0 Å². The van der Waals surface area contributed by atoms with Crippen LogP contribution >= 0.6 is 7.60 Å². The molecule has 0 spiro atoms. The van der Waals surface area contributed by atoms with Crippen LogP contribution in [0, 0.1) is 0 Å². The first-order valence-electron chi connectivity index (χ1n) is 6.15. The highest BCUT2D eigenvalue weighted by Crippen LogP contribution is 2.32.